The number of rotatable bonds is 8. The minimum absolute atomic E-state index is 0.278. The zero-order valence-corrected chi connectivity index (χ0v) is 13.4. The largest absolute Gasteiger partial charge is 0.383 e. The highest BCUT2D eigenvalue weighted by Crippen LogP contribution is 2.28. The Morgan fingerprint density at radius 2 is 2.05 bits per heavy atom. The SMILES string of the molecule is COCCN(c1ccc(CN)cc1Br)C(C)COC. The van der Waals surface area contributed by atoms with Gasteiger partial charge in [0.25, 0.3) is 0 Å². The average molecular weight is 331 g/mol. The lowest BCUT2D eigenvalue weighted by atomic mass is 10.1. The second-order valence-electron chi connectivity index (χ2n) is 4.48. The Morgan fingerprint density at radius 3 is 2.58 bits per heavy atom. The van der Waals surface area contributed by atoms with Crippen LogP contribution in [0.15, 0.2) is 22.7 Å². The Morgan fingerprint density at radius 1 is 1.32 bits per heavy atom. The van der Waals surface area contributed by atoms with Crippen LogP contribution in [0.4, 0.5) is 5.69 Å². The monoisotopic (exact) mass is 330 g/mol. The molecule has 0 radical (unpaired) electrons. The van der Waals surface area contributed by atoms with Crippen LogP contribution in [0.2, 0.25) is 0 Å². The maximum atomic E-state index is 5.66. The van der Waals surface area contributed by atoms with Gasteiger partial charge in [-0.2, -0.15) is 0 Å². The Balaban J connectivity index is 2.95. The van der Waals surface area contributed by atoms with Crippen molar-refractivity contribution in [3.63, 3.8) is 0 Å². The first-order valence-corrected chi connectivity index (χ1v) is 7.16. The highest BCUT2D eigenvalue weighted by Gasteiger charge is 2.16. The maximum absolute atomic E-state index is 5.66. The van der Waals surface area contributed by atoms with Crippen molar-refractivity contribution in [2.24, 2.45) is 5.73 Å². The summed E-state index contributed by atoms with van der Waals surface area (Å²) in [6, 6.07) is 6.49. The third kappa shape index (κ3) is 4.76. The quantitative estimate of drug-likeness (QED) is 0.795. The van der Waals surface area contributed by atoms with Crippen molar-refractivity contribution in [3.05, 3.63) is 28.2 Å². The molecular formula is C14H23BrN2O2. The lowest BCUT2D eigenvalue weighted by Crippen LogP contribution is -2.38. The zero-order chi connectivity index (χ0) is 14.3. The molecule has 5 heteroatoms. The van der Waals surface area contributed by atoms with Crippen LogP contribution in [-0.4, -0.2) is 40.0 Å². The van der Waals surface area contributed by atoms with Crippen molar-refractivity contribution >= 4 is 21.6 Å². The van der Waals surface area contributed by atoms with Gasteiger partial charge in [0.2, 0.25) is 0 Å². The van der Waals surface area contributed by atoms with Crippen molar-refractivity contribution < 1.29 is 9.47 Å². The Labute approximate surface area is 124 Å². The van der Waals surface area contributed by atoms with Crippen LogP contribution in [-0.2, 0) is 16.0 Å². The highest BCUT2D eigenvalue weighted by molar-refractivity contribution is 9.10. The van der Waals surface area contributed by atoms with Gasteiger partial charge in [-0.15, -0.1) is 0 Å². The predicted molar refractivity (Wildman–Crippen MR) is 82.6 cm³/mol. The Hall–Kier alpha value is -0.620. The van der Waals surface area contributed by atoms with E-state index < -0.39 is 0 Å². The molecular weight excluding hydrogens is 308 g/mol. The molecule has 0 fully saturated rings. The molecule has 0 saturated heterocycles. The first-order chi connectivity index (χ1) is 9.13. The number of methoxy groups -OCH3 is 2. The second kappa shape index (κ2) is 8.53. The van der Waals surface area contributed by atoms with Gasteiger partial charge in [0.05, 0.1) is 18.9 Å². The van der Waals surface area contributed by atoms with E-state index >= 15 is 0 Å². The van der Waals surface area contributed by atoms with Crippen LogP contribution < -0.4 is 10.6 Å². The molecule has 1 aromatic rings. The minimum atomic E-state index is 0.278. The number of nitrogens with zero attached hydrogens (tertiary/aromatic N) is 1. The molecule has 0 heterocycles. The summed E-state index contributed by atoms with van der Waals surface area (Å²) in [6.07, 6.45) is 0. The van der Waals surface area contributed by atoms with Crippen molar-refractivity contribution in [2.45, 2.75) is 19.5 Å². The molecule has 2 N–H and O–H groups in total. The molecule has 108 valence electrons. The Kier molecular flexibility index (Phi) is 7.38. The predicted octanol–water partition coefficient (Wildman–Crippen LogP) is 2.40. The first kappa shape index (κ1) is 16.4. The number of anilines is 1. The van der Waals surface area contributed by atoms with Crippen LogP contribution in [0.5, 0.6) is 0 Å². The van der Waals surface area contributed by atoms with E-state index in [1.54, 1.807) is 14.2 Å². The van der Waals surface area contributed by atoms with E-state index in [-0.39, 0.29) is 6.04 Å². The normalized spacial score (nSPS) is 12.5. The summed E-state index contributed by atoms with van der Waals surface area (Å²) in [7, 11) is 3.43. The van der Waals surface area contributed by atoms with Gasteiger partial charge in [0.15, 0.2) is 0 Å². The van der Waals surface area contributed by atoms with E-state index in [1.165, 1.54) is 0 Å². The fourth-order valence-corrected chi connectivity index (χ4v) is 2.66. The number of ether oxygens (including phenoxy) is 2. The molecule has 19 heavy (non-hydrogen) atoms. The number of benzene rings is 1. The van der Waals surface area contributed by atoms with Crippen LogP contribution in [0, 0.1) is 0 Å². The smallest absolute Gasteiger partial charge is 0.0663 e. The van der Waals surface area contributed by atoms with Gasteiger partial charge in [-0.05, 0) is 40.5 Å². The Bertz CT molecular complexity index is 388. The summed E-state index contributed by atoms with van der Waals surface area (Å²) >= 11 is 3.62. The molecule has 0 aliphatic heterocycles. The van der Waals surface area contributed by atoms with Crippen LogP contribution in [0.25, 0.3) is 0 Å². The van der Waals surface area contributed by atoms with E-state index in [4.69, 9.17) is 15.2 Å². The molecule has 0 aliphatic rings. The van der Waals surface area contributed by atoms with E-state index in [1.807, 2.05) is 0 Å². The van der Waals surface area contributed by atoms with Gasteiger partial charge in [0.1, 0.15) is 0 Å². The summed E-state index contributed by atoms with van der Waals surface area (Å²) in [6.45, 7) is 4.86. The zero-order valence-electron chi connectivity index (χ0n) is 11.9. The molecule has 0 spiro atoms. The fourth-order valence-electron chi connectivity index (χ4n) is 2.01. The maximum Gasteiger partial charge on any atom is 0.0663 e. The number of nitrogens with two attached hydrogens (primary N) is 1. The first-order valence-electron chi connectivity index (χ1n) is 6.37. The lowest BCUT2D eigenvalue weighted by molar-refractivity contribution is 0.171. The molecule has 0 bridgehead atoms. The van der Waals surface area contributed by atoms with Gasteiger partial charge >= 0.3 is 0 Å². The van der Waals surface area contributed by atoms with Gasteiger partial charge in [-0.3, -0.25) is 0 Å². The molecule has 0 amide bonds. The van der Waals surface area contributed by atoms with E-state index in [9.17, 15) is 0 Å². The molecule has 1 aromatic carbocycles. The molecule has 0 saturated carbocycles. The molecule has 0 aliphatic carbocycles. The molecule has 0 aromatic heterocycles. The van der Waals surface area contributed by atoms with Crippen molar-refractivity contribution in [1.29, 1.82) is 0 Å². The van der Waals surface area contributed by atoms with Gasteiger partial charge < -0.3 is 20.1 Å². The summed E-state index contributed by atoms with van der Waals surface area (Å²) in [5.41, 5.74) is 7.91. The van der Waals surface area contributed by atoms with Crippen LogP contribution >= 0.6 is 15.9 Å². The van der Waals surface area contributed by atoms with E-state index in [0.29, 0.717) is 19.8 Å². The number of hydrogen-bond donors (Lipinski definition) is 1. The third-order valence-electron chi connectivity index (χ3n) is 3.03. The van der Waals surface area contributed by atoms with Crippen LogP contribution in [0.3, 0.4) is 0 Å². The second-order valence-corrected chi connectivity index (χ2v) is 5.33. The third-order valence-corrected chi connectivity index (χ3v) is 3.67. The van der Waals surface area contributed by atoms with Gasteiger partial charge in [0, 0.05) is 37.8 Å². The number of halogens is 1. The summed E-state index contributed by atoms with van der Waals surface area (Å²) in [5.74, 6) is 0. The highest BCUT2D eigenvalue weighted by atomic mass is 79.9. The summed E-state index contributed by atoms with van der Waals surface area (Å²) in [5, 5.41) is 0. The molecule has 1 unspecified atom stereocenters. The molecule has 1 atom stereocenters. The minimum Gasteiger partial charge on any atom is -0.383 e. The van der Waals surface area contributed by atoms with Crippen molar-refractivity contribution in [1.82, 2.24) is 0 Å². The van der Waals surface area contributed by atoms with Crippen molar-refractivity contribution in [2.75, 3.05) is 38.9 Å². The standard InChI is InChI=1S/C14H23BrN2O2/c1-11(10-19-3)17(6-7-18-2)14-5-4-12(9-16)8-13(14)15/h4-5,8,11H,6-7,9-10,16H2,1-3H3. The number of hydrogen-bond acceptors (Lipinski definition) is 4. The average Bonchev–Trinajstić information content (AvgIpc) is 2.40. The van der Waals surface area contributed by atoms with E-state index in [2.05, 4.69) is 46.0 Å². The summed E-state index contributed by atoms with van der Waals surface area (Å²) < 4.78 is 11.5. The summed E-state index contributed by atoms with van der Waals surface area (Å²) in [4.78, 5) is 2.28. The van der Waals surface area contributed by atoms with Gasteiger partial charge in [-0.1, -0.05) is 6.07 Å². The topological polar surface area (TPSA) is 47.7 Å². The van der Waals surface area contributed by atoms with E-state index in [0.717, 1.165) is 22.3 Å². The fraction of sp³-hybridized carbons (Fsp3) is 0.571. The molecule has 1 rings (SSSR count). The van der Waals surface area contributed by atoms with Gasteiger partial charge in [-0.25, -0.2) is 0 Å². The van der Waals surface area contributed by atoms with Crippen LogP contribution in [0.1, 0.15) is 12.5 Å². The lowest BCUT2D eigenvalue weighted by Gasteiger charge is -2.31. The van der Waals surface area contributed by atoms with Crippen molar-refractivity contribution in [3.8, 4) is 0 Å². The molecule has 4 nitrogen and oxygen atoms in total.